The molecule has 0 bridgehead atoms. The van der Waals surface area contributed by atoms with Crippen molar-refractivity contribution >= 4 is 6.09 Å². The van der Waals surface area contributed by atoms with Gasteiger partial charge in [0, 0.05) is 19.6 Å². The fraction of sp³-hybridized carbons (Fsp3) is 0.611. The molecule has 3 rings (SSSR count). The second-order valence-electron chi connectivity index (χ2n) is 7.26. The molecule has 1 unspecified atom stereocenters. The molecule has 2 aliphatic heterocycles. The number of hydrogen-bond acceptors (Lipinski definition) is 4. The number of carbonyl (C=O) groups is 1. The third kappa shape index (κ3) is 4.03. The maximum atomic E-state index is 12.3. The Morgan fingerprint density at radius 1 is 1.35 bits per heavy atom. The molecule has 1 saturated heterocycles. The lowest BCUT2D eigenvalue weighted by Gasteiger charge is -2.35. The van der Waals surface area contributed by atoms with Gasteiger partial charge >= 0.3 is 6.09 Å². The van der Waals surface area contributed by atoms with Gasteiger partial charge < -0.3 is 19.7 Å². The average Bonchev–Trinajstić information content (AvgIpc) is 2.53. The van der Waals surface area contributed by atoms with Crippen molar-refractivity contribution in [2.24, 2.45) is 0 Å². The van der Waals surface area contributed by atoms with Crippen LogP contribution in [0.1, 0.15) is 43.5 Å². The number of nitrogens with one attached hydrogen (secondary N) is 1. The molecule has 5 nitrogen and oxygen atoms in total. The molecule has 5 heteroatoms. The van der Waals surface area contributed by atoms with E-state index in [4.69, 9.17) is 9.47 Å². The molecule has 0 radical (unpaired) electrons. The van der Waals surface area contributed by atoms with Gasteiger partial charge in [0.05, 0.1) is 19.3 Å². The zero-order valence-electron chi connectivity index (χ0n) is 14.2. The molecule has 0 aliphatic carbocycles. The first-order valence-corrected chi connectivity index (χ1v) is 8.33. The molecule has 23 heavy (non-hydrogen) atoms. The third-order valence-corrected chi connectivity index (χ3v) is 4.23. The Labute approximate surface area is 137 Å². The van der Waals surface area contributed by atoms with Crippen LogP contribution >= 0.6 is 0 Å². The minimum Gasteiger partial charge on any atom is -0.444 e. The Kier molecular flexibility index (Phi) is 4.60. The van der Waals surface area contributed by atoms with Crippen LogP contribution in [-0.4, -0.2) is 42.8 Å². The number of carbonyl (C=O) groups excluding carboxylic acids is 1. The second kappa shape index (κ2) is 6.49. The highest BCUT2D eigenvalue weighted by Gasteiger charge is 2.28. The molecule has 0 saturated carbocycles. The van der Waals surface area contributed by atoms with E-state index in [1.807, 2.05) is 20.8 Å². The van der Waals surface area contributed by atoms with Crippen molar-refractivity contribution in [2.45, 2.75) is 45.4 Å². The van der Waals surface area contributed by atoms with Crippen molar-refractivity contribution in [1.82, 2.24) is 10.2 Å². The van der Waals surface area contributed by atoms with Crippen LogP contribution in [0.25, 0.3) is 0 Å². The summed E-state index contributed by atoms with van der Waals surface area (Å²) < 4.78 is 11.0. The summed E-state index contributed by atoms with van der Waals surface area (Å²) in [6.07, 6.45) is 0.737. The van der Waals surface area contributed by atoms with Crippen molar-refractivity contribution in [3.63, 3.8) is 0 Å². The van der Waals surface area contributed by atoms with Crippen LogP contribution in [0.5, 0.6) is 0 Å². The summed E-state index contributed by atoms with van der Waals surface area (Å²) >= 11 is 0. The summed E-state index contributed by atoms with van der Waals surface area (Å²) in [5.74, 6) is 0. The molecule has 2 heterocycles. The summed E-state index contributed by atoms with van der Waals surface area (Å²) in [5, 5.41) is 3.51. The van der Waals surface area contributed by atoms with E-state index in [1.165, 1.54) is 16.7 Å². The Bertz CT molecular complexity index is 580. The minimum atomic E-state index is -0.455. The quantitative estimate of drug-likeness (QED) is 0.865. The highest BCUT2D eigenvalue weighted by atomic mass is 16.6. The van der Waals surface area contributed by atoms with E-state index in [9.17, 15) is 4.79 Å². The third-order valence-electron chi connectivity index (χ3n) is 4.23. The van der Waals surface area contributed by atoms with Gasteiger partial charge in [0.2, 0.25) is 0 Å². The number of hydrogen-bond donors (Lipinski definition) is 1. The summed E-state index contributed by atoms with van der Waals surface area (Å²) in [6, 6.07) is 6.71. The Morgan fingerprint density at radius 2 is 2.17 bits per heavy atom. The first-order chi connectivity index (χ1) is 10.9. The van der Waals surface area contributed by atoms with E-state index in [0.717, 1.165) is 19.6 Å². The summed E-state index contributed by atoms with van der Waals surface area (Å²) in [7, 11) is 0. The van der Waals surface area contributed by atoms with Crippen molar-refractivity contribution in [3.05, 3.63) is 34.9 Å². The molecule has 1 fully saturated rings. The van der Waals surface area contributed by atoms with Crippen molar-refractivity contribution in [2.75, 3.05) is 26.2 Å². The van der Waals surface area contributed by atoms with Gasteiger partial charge in [-0.05, 0) is 43.9 Å². The standard InChI is InChI=1S/C18H26N2O3/c1-18(2,3)23-17(21)20-8-7-19-16(11-20)14-4-5-15-12-22-9-6-13(15)10-14/h4-5,10,16,19H,6-9,11-12H2,1-3H3. The monoisotopic (exact) mass is 318 g/mol. The summed E-state index contributed by atoms with van der Waals surface area (Å²) in [4.78, 5) is 14.1. The zero-order chi connectivity index (χ0) is 16.4. The Hall–Kier alpha value is -1.59. The molecule has 1 aromatic rings. The SMILES string of the molecule is CC(C)(C)OC(=O)N1CCNC(c2ccc3c(c2)CCOC3)C1. The van der Waals surface area contributed by atoms with Gasteiger partial charge in [0.15, 0.2) is 0 Å². The van der Waals surface area contributed by atoms with E-state index in [2.05, 4.69) is 23.5 Å². The number of ether oxygens (including phenoxy) is 2. The fourth-order valence-corrected chi connectivity index (χ4v) is 3.07. The van der Waals surface area contributed by atoms with Gasteiger partial charge in [-0.1, -0.05) is 18.2 Å². The number of rotatable bonds is 1. The largest absolute Gasteiger partial charge is 0.444 e. The van der Waals surface area contributed by atoms with Crippen LogP contribution in [0.15, 0.2) is 18.2 Å². The van der Waals surface area contributed by atoms with E-state index in [1.54, 1.807) is 4.90 Å². The topological polar surface area (TPSA) is 50.8 Å². The van der Waals surface area contributed by atoms with Crippen molar-refractivity contribution in [3.8, 4) is 0 Å². The predicted molar refractivity (Wildman–Crippen MR) is 88.4 cm³/mol. The van der Waals surface area contributed by atoms with Gasteiger partial charge in [-0.25, -0.2) is 4.79 Å². The number of piperazine rings is 1. The molecular formula is C18H26N2O3. The highest BCUT2D eigenvalue weighted by molar-refractivity contribution is 5.68. The second-order valence-corrected chi connectivity index (χ2v) is 7.26. The van der Waals surface area contributed by atoms with E-state index in [-0.39, 0.29) is 12.1 Å². The normalized spacial score (nSPS) is 21.7. The number of fused-ring (bicyclic) bond motifs is 1. The smallest absolute Gasteiger partial charge is 0.410 e. The Balaban J connectivity index is 1.70. The molecule has 0 aromatic heterocycles. The summed E-state index contributed by atoms with van der Waals surface area (Å²) in [5.41, 5.74) is 3.42. The molecule has 1 aromatic carbocycles. The molecule has 2 aliphatic rings. The van der Waals surface area contributed by atoms with Crippen LogP contribution < -0.4 is 5.32 Å². The maximum Gasteiger partial charge on any atom is 0.410 e. The van der Waals surface area contributed by atoms with Gasteiger partial charge in [-0.15, -0.1) is 0 Å². The lowest BCUT2D eigenvalue weighted by molar-refractivity contribution is 0.0195. The lowest BCUT2D eigenvalue weighted by atomic mass is 9.96. The van der Waals surface area contributed by atoms with Gasteiger partial charge in [-0.3, -0.25) is 0 Å². The van der Waals surface area contributed by atoms with Gasteiger partial charge in [0.1, 0.15) is 5.60 Å². The average molecular weight is 318 g/mol. The maximum absolute atomic E-state index is 12.3. The number of nitrogens with zero attached hydrogens (tertiary/aromatic N) is 1. The van der Waals surface area contributed by atoms with Crippen LogP contribution in [0.2, 0.25) is 0 Å². The molecule has 1 amide bonds. The molecule has 1 atom stereocenters. The fourth-order valence-electron chi connectivity index (χ4n) is 3.07. The van der Waals surface area contributed by atoms with Gasteiger partial charge in [0.25, 0.3) is 0 Å². The number of amides is 1. The van der Waals surface area contributed by atoms with E-state index >= 15 is 0 Å². The lowest BCUT2D eigenvalue weighted by Crippen LogP contribution is -2.49. The molecular weight excluding hydrogens is 292 g/mol. The van der Waals surface area contributed by atoms with Crippen LogP contribution in [0.4, 0.5) is 4.79 Å². The summed E-state index contributed by atoms with van der Waals surface area (Å²) in [6.45, 7) is 9.30. The van der Waals surface area contributed by atoms with Crippen LogP contribution in [0.3, 0.4) is 0 Å². The highest BCUT2D eigenvalue weighted by Crippen LogP contribution is 2.24. The van der Waals surface area contributed by atoms with E-state index in [0.29, 0.717) is 19.7 Å². The van der Waals surface area contributed by atoms with Gasteiger partial charge in [-0.2, -0.15) is 0 Å². The molecule has 126 valence electrons. The first-order valence-electron chi connectivity index (χ1n) is 8.33. The Morgan fingerprint density at radius 3 is 2.96 bits per heavy atom. The minimum absolute atomic E-state index is 0.157. The molecule has 1 N–H and O–H groups in total. The van der Waals surface area contributed by atoms with E-state index < -0.39 is 5.60 Å². The zero-order valence-corrected chi connectivity index (χ0v) is 14.2. The predicted octanol–water partition coefficient (Wildman–Crippen LogP) is 2.64. The number of benzene rings is 1. The first kappa shape index (κ1) is 16.3. The van der Waals surface area contributed by atoms with Crippen LogP contribution in [0, 0.1) is 0 Å². The van der Waals surface area contributed by atoms with Crippen LogP contribution in [-0.2, 0) is 22.5 Å². The van der Waals surface area contributed by atoms with Crippen molar-refractivity contribution in [1.29, 1.82) is 0 Å². The van der Waals surface area contributed by atoms with Crippen molar-refractivity contribution < 1.29 is 14.3 Å². The molecule has 0 spiro atoms.